The topological polar surface area (TPSA) is 67.4 Å². The minimum atomic E-state index is -0.427. The monoisotopic (exact) mass is 360 g/mol. The zero-order valence-electron chi connectivity index (χ0n) is 14.2. The lowest BCUT2D eigenvalue weighted by molar-refractivity contribution is -0.122. The molecule has 0 unspecified atom stereocenters. The molecule has 0 aliphatic heterocycles. The number of hydrazine groups is 1. The Balaban J connectivity index is 1.98. The molecule has 2 amide bonds. The van der Waals surface area contributed by atoms with Gasteiger partial charge in [0.25, 0.3) is 5.91 Å². The number of para-hydroxylation sites is 1. The lowest BCUT2D eigenvalue weighted by Crippen LogP contribution is -2.42. The van der Waals surface area contributed by atoms with Crippen LogP contribution < -0.4 is 15.6 Å². The summed E-state index contributed by atoms with van der Waals surface area (Å²) in [7, 11) is 0. The number of ether oxygens (including phenoxy) is 1. The highest BCUT2D eigenvalue weighted by atomic mass is 35.5. The molecule has 25 heavy (non-hydrogen) atoms. The van der Waals surface area contributed by atoms with Gasteiger partial charge >= 0.3 is 0 Å². The van der Waals surface area contributed by atoms with Crippen molar-refractivity contribution < 1.29 is 14.3 Å². The minimum Gasteiger partial charge on any atom is -0.488 e. The Morgan fingerprint density at radius 1 is 1.04 bits per heavy atom. The maximum Gasteiger partial charge on any atom is 0.273 e. The Morgan fingerprint density at radius 2 is 1.72 bits per heavy atom. The van der Waals surface area contributed by atoms with Crippen LogP contribution in [0.4, 0.5) is 0 Å². The average molecular weight is 361 g/mol. The molecule has 5 nitrogen and oxygen atoms in total. The third-order valence-corrected chi connectivity index (χ3v) is 3.60. The van der Waals surface area contributed by atoms with Crippen molar-refractivity contribution in [1.82, 2.24) is 10.9 Å². The van der Waals surface area contributed by atoms with Gasteiger partial charge in [-0.25, -0.2) is 0 Å². The van der Waals surface area contributed by atoms with Crippen LogP contribution in [0.15, 0.2) is 48.5 Å². The fourth-order valence-corrected chi connectivity index (χ4v) is 2.26. The van der Waals surface area contributed by atoms with Crippen LogP contribution in [0.1, 0.15) is 36.2 Å². The highest BCUT2D eigenvalue weighted by Gasteiger charge is 2.13. The summed E-state index contributed by atoms with van der Waals surface area (Å²) in [6, 6.07) is 14.1. The Bertz CT molecular complexity index is 730. The van der Waals surface area contributed by atoms with Crippen LogP contribution in [-0.4, -0.2) is 11.8 Å². The third-order valence-electron chi connectivity index (χ3n) is 3.35. The molecular weight excluding hydrogens is 340 g/mol. The largest absolute Gasteiger partial charge is 0.488 e. The first kappa shape index (κ1) is 18.8. The molecule has 0 aliphatic carbocycles. The first-order valence-electron chi connectivity index (χ1n) is 8.01. The molecule has 0 fully saturated rings. The fourth-order valence-electron chi connectivity index (χ4n) is 2.14. The average Bonchev–Trinajstić information content (AvgIpc) is 2.59. The van der Waals surface area contributed by atoms with Crippen LogP contribution in [-0.2, 0) is 11.4 Å². The second kappa shape index (κ2) is 9.08. The molecule has 0 aromatic heterocycles. The molecule has 0 aliphatic rings. The number of nitrogens with one attached hydrogen (secondary N) is 2. The van der Waals surface area contributed by atoms with E-state index in [1.807, 2.05) is 26.0 Å². The van der Waals surface area contributed by atoms with E-state index in [4.69, 9.17) is 16.3 Å². The summed E-state index contributed by atoms with van der Waals surface area (Å²) in [5.41, 5.74) is 6.11. The smallest absolute Gasteiger partial charge is 0.273 e. The van der Waals surface area contributed by atoms with Gasteiger partial charge in [-0.3, -0.25) is 20.4 Å². The van der Waals surface area contributed by atoms with Crippen molar-refractivity contribution in [2.24, 2.45) is 5.92 Å². The van der Waals surface area contributed by atoms with E-state index in [9.17, 15) is 9.59 Å². The Labute approximate surface area is 152 Å². The number of hydrogen-bond acceptors (Lipinski definition) is 3. The summed E-state index contributed by atoms with van der Waals surface area (Å²) in [5, 5.41) is 0.653. The Morgan fingerprint density at radius 3 is 2.40 bits per heavy atom. The molecule has 0 heterocycles. The second-order valence-corrected chi connectivity index (χ2v) is 6.45. The lowest BCUT2D eigenvalue weighted by atomic mass is 10.1. The second-order valence-electron chi connectivity index (χ2n) is 6.01. The van der Waals surface area contributed by atoms with Crippen molar-refractivity contribution in [3.63, 3.8) is 0 Å². The highest BCUT2D eigenvalue weighted by molar-refractivity contribution is 6.30. The van der Waals surface area contributed by atoms with Crippen molar-refractivity contribution in [3.05, 3.63) is 64.7 Å². The molecule has 6 heteroatoms. The minimum absolute atomic E-state index is 0.215. The molecule has 2 aromatic carbocycles. The van der Waals surface area contributed by atoms with E-state index >= 15 is 0 Å². The summed E-state index contributed by atoms with van der Waals surface area (Å²) in [4.78, 5) is 23.9. The van der Waals surface area contributed by atoms with Crippen LogP contribution in [0.2, 0.25) is 5.02 Å². The van der Waals surface area contributed by atoms with Crippen molar-refractivity contribution >= 4 is 23.4 Å². The summed E-state index contributed by atoms with van der Waals surface area (Å²) >= 11 is 5.86. The number of carbonyl (C=O) groups excluding carboxylic acids is 2. The van der Waals surface area contributed by atoms with Gasteiger partial charge < -0.3 is 4.74 Å². The molecule has 0 saturated carbocycles. The molecule has 0 radical (unpaired) electrons. The van der Waals surface area contributed by atoms with Crippen LogP contribution in [0.5, 0.6) is 5.75 Å². The number of amides is 2. The van der Waals surface area contributed by atoms with Crippen LogP contribution in [0, 0.1) is 5.92 Å². The molecule has 0 atom stereocenters. The molecule has 0 spiro atoms. The van der Waals surface area contributed by atoms with Crippen molar-refractivity contribution in [1.29, 1.82) is 0 Å². The van der Waals surface area contributed by atoms with E-state index in [1.165, 1.54) is 0 Å². The highest BCUT2D eigenvalue weighted by Crippen LogP contribution is 2.19. The molecule has 0 saturated heterocycles. The summed E-state index contributed by atoms with van der Waals surface area (Å²) in [6.07, 6.45) is 0.342. The maximum absolute atomic E-state index is 12.3. The van der Waals surface area contributed by atoms with E-state index in [2.05, 4.69) is 10.9 Å². The van der Waals surface area contributed by atoms with Gasteiger partial charge in [-0.15, -0.1) is 0 Å². The Hall–Kier alpha value is -2.53. The molecule has 0 bridgehead atoms. The summed E-state index contributed by atoms with van der Waals surface area (Å²) < 4.78 is 5.74. The Kier molecular flexibility index (Phi) is 6.83. The van der Waals surface area contributed by atoms with Crippen molar-refractivity contribution in [2.45, 2.75) is 26.9 Å². The standard InChI is InChI=1S/C19H21ClN2O3/c1-13(2)11-18(23)21-22-19(24)16-5-3-4-6-17(16)25-12-14-7-9-15(20)10-8-14/h3-10,13H,11-12H2,1-2H3,(H,21,23)(H,22,24). The van der Waals surface area contributed by atoms with Gasteiger partial charge in [-0.05, 0) is 35.7 Å². The number of benzene rings is 2. The fraction of sp³-hybridized carbons (Fsp3) is 0.263. The number of carbonyl (C=O) groups is 2. The quantitative estimate of drug-likeness (QED) is 0.771. The molecular formula is C19H21ClN2O3. The first-order chi connectivity index (χ1) is 12.0. The van der Waals surface area contributed by atoms with Gasteiger partial charge in [-0.2, -0.15) is 0 Å². The van der Waals surface area contributed by atoms with E-state index in [1.54, 1.807) is 36.4 Å². The van der Waals surface area contributed by atoms with Crippen LogP contribution in [0.25, 0.3) is 0 Å². The molecule has 2 N–H and O–H groups in total. The predicted octanol–water partition coefficient (Wildman–Crippen LogP) is 3.73. The van der Waals surface area contributed by atoms with Crippen molar-refractivity contribution in [3.8, 4) is 5.75 Å². The zero-order chi connectivity index (χ0) is 18.2. The maximum atomic E-state index is 12.3. The van der Waals surface area contributed by atoms with Gasteiger partial charge in [0.15, 0.2) is 0 Å². The van der Waals surface area contributed by atoms with E-state index < -0.39 is 5.91 Å². The van der Waals surface area contributed by atoms with E-state index in [0.717, 1.165) is 5.56 Å². The van der Waals surface area contributed by atoms with Crippen molar-refractivity contribution in [2.75, 3.05) is 0 Å². The normalized spacial score (nSPS) is 10.4. The third kappa shape index (κ3) is 6.12. The molecule has 132 valence electrons. The van der Waals surface area contributed by atoms with Crippen LogP contribution in [0.3, 0.4) is 0 Å². The number of halogens is 1. The summed E-state index contributed by atoms with van der Waals surface area (Å²) in [6.45, 7) is 4.17. The van der Waals surface area contributed by atoms with Crippen LogP contribution >= 0.6 is 11.6 Å². The van der Waals surface area contributed by atoms with Gasteiger partial charge in [0, 0.05) is 11.4 Å². The number of hydrogen-bond donors (Lipinski definition) is 2. The van der Waals surface area contributed by atoms with Gasteiger partial charge in [0.05, 0.1) is 5.56 Å². The van der Waals surface area contributed by atoms with E-state index in [0.29, 0.717) is 29.4 Å². The van der Waals surface area contributed by atoms with E-state index in [-0.39, 0.29) is 11.8 Å². The molecule has 2 rings (SSSR count). The predicted molar refractivity (Wildman–Crippen MR) is 97.3 cm³/mol. The van der Waals surface area contributed by atoms with Gasteiger partial charge in [0.2, 0.25) is 5.91 Å². The number of rotatable bonds is 6. The first-order valence-corrected chi connectivity index (χ1v) is 8.39. The zero-order valence-corrected chi connectivity index (χ0v) is 15.0. The summed E-state index contributed by atoms with van der Waals surface area (Å²) in [5.74, 6) is -0.00770. The van der Waals surface area contributed by atoms with Gasteiger partial charge in [-0.1, -0.05) is 49.7 Å². The SMILES string of the molecule is CC(C)CC(=O)NNC(=O)c1ccccc1OCc1ccc(Cl)cc1. The molecule has 2 aromatic rings. The van der Waals surface area contributed by atoms with Gasteiger partial charge in [0.1, 0.15) is 12.4 Å². The lowest BCUT2D eigenvalue weighted by Gasteiger charge is -2.13.